The molecule has 0 aliphatic rings. The van der Waals surface area contributed by atoms with E-state index in [1.54, 1.807) is 18.2 Å². The number of para-hydroxylation sites is 1. The predicted octanol–water partition coefficient (Wildman–Crippen LogP) is 6.65. The number of nitrogens with zero attached hydrogens (tertiary/aromatic N) is 3. The maximum absolute atomic E-state index is 10.5. The van der Waals surface area contributed by atoms with Gasteiger partial charge in [0, 0.05) is 16.5 Å². The van der Waals surface area contributed by atoms with Crippen molar-refractivity contribution in [1.82, 2.24) is 4.57 Å². The zero-order chi connectivity index (χ0) is 16.6. The summed E-state index contributed by atoms with van der Waals surface area (Å²) < 4.78 is 1.82. The molecule has 0 saturated heterocycles. The molecular formula is C17H15Cl2N3O. The number of aromatic nitrogens is 1. The lowest BCUT2D eigenvalue weighted by atomic mass is 10.2. The summed E-state index contributed by atoms with van der Waals surface area (Å²) in [7, 11) is 0. The minimum atomic E-state index is 0.0862. The van der Waals surface area contributed by atoms with Crippen LogP contribution in [0.15, 0.2) is 52.7 Å². The van der Waals surface area contributed by atoms with Gasteiger partial charge in [-0.15, -0.1) is 10.2 Å². The van der Waals surface area contributed by atoms with Gasteiger partial charge in [-0.2, -0.15) is 0 Å². The van der Waals surface area contributed by atoms with E-state index in [1.807, 2.05) is 42.7 Å². The molecule has 3 rings (SSSR count). The Hall–Kier alpha value is -2.04. The summed E-state index contributed by atoms with van der Waals surface area (Å²) in [5, 5.41) is 20.7. The minimum absolute atomic E-state index is 0.0862. The standard InChI is InChI=1S/C17H15Cl2N3O/c1-10(2)22-15-6-4-3-5-12(15)16(17(22)23)21-20-14-9-11(18)7-8-13(14)19/h3-10,23H,1-2H3. The number of aromatic hydroxyl groups is 1. The van der Waals surface area contributed by atoms with E-state index in [-0.39, 0.29) is 11.9 Å². The number of fused-ring (bicyclic) bond motifs is 1. The highest BCUT2D eigenvalue weighted by Crippen LogP contribution is 2.41. The fourth-order valence-corrected chi connectivity index (χ4v) is 2.84. The molecule has 1 aromatic heterocycles. The lowest BCUT2D eigenvalue weighted by Gasteiger charge is -2.10. The second-order valence-electron chi connectivity index (χ2n) is 5.45. The number of azo groups is 1. The van der Waals surface area contributed by atoms with Crippen molar-refractivity contribution < 1.29 is 5.11 Å². The van der Waals surface area contributed by atoms with Gasteiger partial charge in [0.05, 0.1) is 10.5 Å². The number of hydrogen-bond acceptors (Lipinski definition) is 3. The van der Waals surface area contributed by atoms with Gasteiger partial charge in [-0.3, -0.25) is 0 Å². The smallest absolute Gasteiger partial charge is 0.221 e. The van der Waals surface area contributed by atoms with Crippen LogP contribution in [0.3, 0.4) is 0 Å². The molecular weight excluding hydrogens is 333 g/mol. The van der Waals surface area contributed by atoms with Gasteiger partial charge < -0.3 is 9.67 Å². The van der Waals surface area contributed by atoms with Crippen LogP contribution < -0.4 is 0 Å². The van der Waals surface area contributed by atoms with Crippen LogP contribution in [0.4, 0.5) is 11.4 Å². The van der Waals surface area contributed by atoms with Crippen LogP contribution in [0.1, 0.15) is 19.9 Å². The first-order valence-electron chi connectivity index (χ1n) is 7.17. The van der Waals surface area contributed by atoms with Gasteiger partial charge in [0.1, 0.15) is 5.69 Å². The fourth-order valence-electron chi connectivity index (χ4n) is 2.52. The summed E-state index contributed by atoms with van der Waals surface area (Å²) in [6, 6.07) is 12.8. The van der Waals surface area contributed by atoms with Crippen LogP contribution in [-0.2, 0) is 0 Å². The topological polar surface area (TPSA) is 49.9 Å². The molecule has 0 fully saturated rings. The Bertz CT molecular complexity index is 900. The van der Waals surface area contributed by atoms with E-state index in [2.05, 4.69) is 10.2 Å². The third kappa shape index (κ3) is 2.92. The minimum Gasteiger partial charge on any atom is -0.493 e. The Morgan fingerprint density at radius 2 is 1.78 bits per heavy atom. The first-order chi connectivity index (χ1) is 11.0. The van der Waals surface area contributed by atoms with Gasteiger partial charge in [-0.05, 0) is 38.1 Å². The predicted molar refractivity (Wildman–Crippen MR) is 94.6 cm³/mol. The average Bonchev–Trinajstić information content (AvgIpc) is 2.80. The van der Waals surface area contributed by atoms with E-state index in [4.69, 9.17) is 23.2 Å². The van der Waals surface area contributed by atoms with E-state index in [0.29, 0.717) is 21.4 Å². The molecule has 0 unspecified atom stereocenters. The summed E-state index contributed by atoms with van der Waals surface area (Å²) in [5.74, 6) is 0.0862. The van der Waals surface area contributed by atoms with E-state index in [9.17, 15) is 5.11 Å². The molecule has 1 N–H and O–H groups in total. The number of halogens is 2. The molecule has 0 bridgehead atoms. The van der Waals surface area contributed by atoms with Gasteiger partial charge in [0.15, 0.2) is 5.69 Å². The zero-order valence-corrected chi connectivity index (χ0v) is 14.2. The second kappa shape index (κ2) is 6.22. The molecule has 0 aliphatic heterocycles. The Morgan fingerprint density at radius 3 is 2.52 bits per heavy atom. The van der Waals surface area contributed by atoms with Crippen LogP contribution >= 0.6 is 23.2 Å². The summed E-state index contributed by atoms with van der Waals surface area (Å²) in [5.41, 5.74) is 1.79. The molecule has 6 heteroatoms. The molecule has 0 aliphatic carbocycles. The van der Waals surface area contributed by atoms with Crippen LogP contribution in [0.25, 0.3) is 10.9 Å². The third-order valence-corrected chi connectivity index (χ3v) is 4.10. The lowest BCUT2D eigenvalue weighted by Crippen LogP contribution is -1.98. The van der Waals surface area contributed by atoms with Crippen molar-refractivity contribution in [1.29, 1.82) is 0 Å². The van der Waals surface area contributed by atoms with Crippen molar-refractivity contribution in [2.75, 3.05) is 0 Å². The maximum Gasteiger partial charge on any atom is 0.221 e. The summed E-state index contributed by atoms with van der Waals surface area (Å²) in [6.07, 6.45) is 0. The van der Waals surface area contributed by atoms with E-state index in [1.165, 1.54) is 0 Å². The number of benzene rings is 2. The SMILES string of the molecule is CC(C)n1c(O)c(N=Nc2cc(Cl)ccc2Cl)c2ccccc21. The first kappa shape index (κ1) is 15.8. The van der Waals surface area contributed by atoms with Crippen LogP contribution in [0.2, 0.25) is 10.0 Å². The van der Waals surface area contributed by atoms with Gasteiger partial charge in [-0.1, -0.05) is 41.4 Å². The highest BCUT2D eigenvalue weighted by molar-refractivity contribution is 6.35. The average molecular weight is 348 g/mol. The molecule has 0 amide bonds. The molecule has 2 aromatic carbocycles. The van der Waals surface area contributed by atoms with Crippen molar-refractivity contribution in [2.24, 2.45) is 10.2 Å². The summed E-state index contributed by atoms with van der Waals surface area (Å²) in [6.45, 7) is 4.00. The van der Waals surface area contributed by atoms with Gasteiger partial charge in [0.25, 0.3) is 0 Å². The zero-order valence-electron chi connectivity index (χ0n) is 12.7. The summed E-state index contributed by atoms with van der Waals surface area (Å²) >= 11 is 12.1. The second-order valence-corrected chi connectivity index (χ2v) is 6.29. The van der Waals surface area contributed by atoms with Gasteiger partial charge >= 0.3 is 0 Å². The molecule has 4 nitrogen and oxygen atoms in total. The Balaban J connectivity index is 2.15. The molecule has 0 radical (unpaired) electrons. The molecule has 118 valence electrons. The van der Waals surface area contributed by atoms with Crippen molar-refractivity contribution in [3.05, 3.63) is 52.5 Å². The van der Waals surface area contributed by atoms with Crippen LogP contribution in [0.5, 0.6) is 5.88 Å². The van der Waals surface area contributed by atoms with Crippen molar-refractivity contribution in [3.8, 4) is 5.88 Å². The molecule has 23 heavy (non-hydrogen) atoms. The molecule has 0 saturated carbocycles. The molecule has 0 spiro atoms. The molecule has 0 atom stereocenters. The Kier molecular flexibility index (Phi) is 4.28. The van der Waals surface area contributed by atoms with E-state index < -0.39 is 0 Å². The van der Waals surface area contributed by atoms with Crippen LogP contribution in [-0.4, -0.2) is 9.67 Å². The lowest BCUT2D eigenvalue weighted by molar-refractivity contribution is 0.407. The number of rotatable bonds is 3. The molecule has 1 heterocycles. The van der Waals surface area contributed by atoms with Crippen molar-refractivity contribution in [3.63, 3.8) is 0 Å². The van der Waals surface area contributed by atoms with Gasteiger partial charge in [0.2, 0.25) is 5.88 Å². The summed E-state index contributed by atoms with van der Waals surface area (Å²) in [4.78, 5) is 0. The Labute approximate surface area is 144 Å². The highest BCUT2D eigenvalue weighted by Gasteiger charge is 2.18. The normalized spacial score (nSPS) is 11.9. The largest absolute Gasteiger partial charge is 0.493 e. The third-order valence-electron chi connectivity index (χ3n) is 3.54. The monoisotopic (exact) mass is 347 g/mol. The number of hydrogen-bond donors (Lipinski definition) is 1. The van der Waals surface area contributed by atoms with Gasteiger partial charge in [-0.25, -0.2) is 0 Å². The van der Waals surface area contributed by atoms with E-state index in [0.717, 1.165) is 10.9 Å². The maximum atomic E-state index is 10.5. The fraction of sp³-hybridized carbons (Fsp3) is 0.176. The van der Waals surface area contributed by atoms with Crippen LogP contribution in [0, 0.1) is 0 Å². The highest BCUT2D eigenvalue weighted by atomic mass is 35.5. The molecule has 3 aromatic rings. The van der Waals surface area contributed by atoms with E-state index >= 15 is 0 Å². The first-order valence-corrected chi connectivity index (χ1v) is 7.93. The quantitative estimate of drug-likeness (QED) is 0.529. The van der Waals surface area contributed by atoms with Crippen molar-refractivity contribution in [2.45, 2.75) is 19.9 Å². The Morgan fingerprint density at radius 1 is 1.04 bits per heavy atom. The van der Waals surface area contributed by atoms with Crippen molar-refractivity contribution >= 4 is 45.5 Å².